The van der Waals surface area contributed by atoms with E-state index in [0.29, 0.717) is 23.3 Å². The maximum absolute atomic E-state index is 13.0. The van der Waals surface area contributed by atoms with Crippen molar-refractivity contribution in [2.24, 2.45) is 5.92 Å². The average molecular weight is 435 g/mol. The summed E-state index contributed by atoms with van der Waals surface area (Å²) in [5.41, 5.74) is 1.96. The van der Waals surface area contributed by atoms with Gasteiger partial charge in [0, 0.05) is 21.9 Å². The molecule has 2 aromatic carbocycles. The van der Waals surface area contributed by atoms with Crippen molar-refractivity contribution in [3.05, 3.63) is 58.4 Å². The van der Waals surface area contributed by atoms with E-state index in [1.165, 1.54) is 6.07 Å². The van der Waals surface area contributed by atoms with Gasteiger partial charge in [-0.2, -0.15) is 13.2 Å². The lowest BCUT2D eigenvalue weighted by Gasteiger charge is -2.38. The Morgan fingerprint density at radius 2 is 1.93 bits per heavy atom. The third-order valence-corrected chi connectivity index (χ3v) is 7.21. The van der Waals surface area contributed by atoms with Crippen LogP contribution < -0.4 is 4.74 Å². The van der Waals surface area contributed by atoms with Crippen molar-refractivity contribution >= 4 is 22.6 Å². The molecule has 0 amide bonds. The van der Waals surface area contributed by atoms with Crippen LogP contribution in [0, 0.1) is 5.92 Å². The second-order valence-electron chi connectivity index (χ2n) is 8.69. The lowest BCUT2D eigenvalue weighted by molar-refractivity contribution is -0.137. The third-order valence-electron chi connectivity index (χ3n) is 6.97. The Balaban J connectivity index is 1.33. The van der Waals surface area contributed by atoms with Crippen molar-refractivity contribution in [3.63, 3.8) is 0 Å². The van der Waals surface area contributed by atoms with Crippen molar-refractivity contribution in [2.75, 3.05) is 6.61 Å². The molecule has 1 saturated carbocycles. The van der Waals surface area contributed by atoms with Crippen LogP contribution in [0.1, 0.15) is 55.5 Å². The van der Waals surface area contributed by atoms with Crippen LogP contribution in [0.15, 0.2) is 36.4 Å². The molecule has 1 N–H and O–H groups in total. The summed E-state index contributed by atoms with van der Waals surface area (Å²) in [6.45, 7) is 2.66. The van der Waals surface area contributed by atoms with Crippen LogP contribution in [0.3, 0.4) is 0 Å². The molecular weight excluding hydrogens is 413 g/mol. The third kappa shape index (κ3) is 3.25. The van der Waals surface area contributed by atoms with Crippen LogP contribution in [0.2, 0.25) is 5.02 Å². The highest BCUT2D eigenvalue weighted by Gasteiger charge is 2.45. The molecule has 1 spiro atoms. The number of fused-ring (bicyclic) bond motifs is 3. The predicted molar refractivity (Wildman–Crippen MR) is 110 cm³/mol. The number of imidazole rings is 1. The van der Waals surface area contributed by atoms with Crippen LogP contribution in [-0.2, 0) is 11.6 Å². The van der Waals surface area contributed by atoms with Crippen LogP contribution >= 0.6 is 11.6 Å². The molecule has 2 aliphatic rings. The number of rotatable bonds is 2. The van der Waals surface area contributed by atoms with E-state index in [9.17, 15) is 13.2 Å². The van der Waals surface area contributed by atoms with Gasteiger partial charge in [0.05, 0.1) is 23.2 Å². The minimum absolute atomic E-state index is 0.170. The summed E-state index contributed by atoms with van der Waals surface area (Å²) < 4.78 is 44.8. The molecule has 3 aromatic rings. The van der Waals surface area contributed by atoms with Gasteiger partial charge < -0.3 is 9.72 Å². The van der Waals surface area contributed by atoms with E-state index in [0.717, 1.165) is 54.2 Å². The van der Waals surface area contributed by atoms with Crippen LogP contribution in [0.4, 0.5) is 13.2 Å². The maximum Gasteiger partial charge on any atom is 0.416 e. The zero-order chi connectivity index (χ0) is 21.1. The highest BCUT2D eigenvalue weighted by Crippen LogP contribution is 2.52. The molecule has 3 nitrogen and oxygen atoms in total. The molecule has 0 saturated heterocycles. The van der Waals surface area contributed by atoms with Gasteiger partial charge in [0.2, 0.25) is 0 Å². The molecule has 0 unspecified atom stereocenters. The second kappa shape index (κ2) is 6.91. The van der Waals surface area contributed by atoms with Crippen molar-refractivity contribution in [2.45, 2.75) is 50.1 Å². The van der Waals surface area contributed by atoms with E-state index in [1.54, 1.807) is 6.07 Å². The van der Waals surface area contributed by atoms with E-state index in [4.69, 9.17) is 21.3 Å². The first-order chi connectivity index (χ1) is 14.2. The molecule has 2 heterocycles. The van der Waals surface area contributed by atoms with Gasteiger partial charge >= 0.3 is 6.18 Å². The van der Waals surface area contributed by atoms with Crippen molar-refractivity contribution < 1.29 is 17.9 Å². The Hall–Kier alpha value is -2.21. The fourth-order valence-corrected chi connectivity index (χ4v) is 5.26. The van der Waals surface area contributed by atoms with Crippen LogP contribution in [-0.4, -0.2) is 16.6 Å². The van der Waals surface area contributed by atoms with E-state index in [1.807, 2.05) is 18.2 Å². The number of benzene rings is 2. The number of nitrogens with zero attached hydrogens (tertiary/aromatic N) is 1. The van der Waals surface area contributed by atoms with Gasteiger partial charge in [0.15, 0.2) is 0 Å². The zero-order valence-corrected chi connectivity index (χ0v) is 17.3. The number of aromatic nitrogens is 2. The zero-order valence-electron chi connectivity index (χ0n) is 16.5. The first-order valence-corrected chi connectivity index (χ1v) is 10.6. The number of nitrogens with one attached hydrogen (secondary N) is 1. The lowest BCUT2D eigenvalue weighted by atomic mass is 9.65. The molecule has 1 atom stereocenters. The van der Waals surface area contributed by atoms with Gasteiger partial charge in [-0.15, -0.1) is 0 Å². The molecule has 158 valence electrons. The number of hydrogen-bond donors (Lipinski definition) is 1. The minimum Gasteiger partial charge on any atom is -0.492 e. The molecule has 0 radical (unpaired) electrons. The molecule has 1 aliphatic carbocycles. The largest absolute Gasteiger partial charge is 0.492 e. The first-order valence-electron chi connectivity index (χ1n) is 10.2. The summed E-state index contributed by atoms with van der Waals surface area (Å²) in [6, 6.07) is 9.61. The van der Waals surface area contributed by atoms with E-state index in [2.05, 4.69) is 11.9 Å². The standard InChI is InChI=1S/C23H22ClF3N2O/c1-13(21-28-18-5-3-16(24)11-19(18)29-21)14-6-8-22(9-7-14)12-30-20-10-15(23(25,26)27)2-4-17(20)22/h2-5,10-11,13-14H,6-9,12H2,1H3,(H,28,29)/t13-,14-,22+/m0/s1. The van der Waals surface area contributed by atoms with Gasteiger partial charge in [-0.3, -0.25) is 0 Å². The fraction of sp³-hybridized carbons (Fsp3) is 0.435. The number of hydrogen-bond acceptors (Lipinski definition) is 2. The Morgan fingerprint density at radius 1 is 1.17 bits per heavy atom. The van der Waals surface area contributed by atoms with Gasteiger partial charge in [-0.05, 0) is 61.9 Å². The van der Waals surface area contributed by atoms with Crippen LogP contribution in [0.5, 0.6) is 5.75 Å². The minimum atomic E-state index is -4.35. The number of alkyl halides is 3. The Kier molecular flexibility index (Phi) is 4.54. The summed E-state index contributed by atoms with van der Waals surface area (Å²) in [4.78, 5) is 8.15. The molecule has 1 fully saturated rings. The summed E-state index contributed by atoms with van der Waals surface area (Å²) in [7, 11) is 0. The smallest absolute Gasteiger partial charge is 0.416 e. The lowest BCUT2D eigenvalue weighted by Crippen LogP contribution is -2.34. The van der Waals surface area contributed by atoms with E-state index in [-0.39, 0.29) is 11.3 Å². The Bertz CT molecular complexity index is 1100. The summed E-state index contributed by atoms with van der Waals surface area (Å²) in [5.74, 6) is 2.09. The number of H-pyrrole nitrogens is 1. The van der Waals surface area contributed by atoms with Gasteiger partial charge in [-0.1, -0.05) is 24.6 Å². The topological polar surface area (TPSA) is 37.9 Å². The first kappa shape index (κ1) is 19.7. The molecular formula is C23H22ClF3N2O. The highest BCUT2D eigenvalue weighted by atomic mass is 35.5. The van der Waals surface area contributed by atoms with Crippen molar-refractivity contribution in [1.82, 2.24) is 9.97 Å². The molecule has 0 bridgehead atoms. The number of halogens is 4. The monoisotopic (exact) mass is 434 g/mol. The fourth-order valence-electron chi connectivity index (χ4n) is 5.09. The number of ether oxygens (including phenoxy) is 1. The van der Waals surface area contributed by atoms with Crippen molar-refractivity contribution in [1.29, 1.82) is 0 Å². The highest BCUT2D eigenvalue weighted by molar-refractivity contribution is 6.31. The molecule has 7 heteroatoms. The number of aromatic amines is 1. The Labute approximate surface area is 177 Å². The van der Waals surface area contributed by atoms with Gasteiger partial charge in [0.1, 0.15) is 11.6 Å². The molecule has 1 aliphatic heterocycles. The van der Waals surface area contributed by atoms with E-state index < -0.39 is 11.7 Å². The van der Waals surface area contributed by atoms with Crippen molar-refractivity contribution in [3.8, 4) is 5.75 Å². The molecule has 5 rings (SSSR count). The maximum atomic E-state index is 13.0. The summed E-state index contributed by atoms with van der Waals surface area (Å²) in [6.07, 6.45) is -0.553. The SMILES string of the molecule is C[C@H](c1nc2cc(Cl)ccc2[nH]1)[C@H]1CC[C@@]2(CC1)COc1cc(C(F)(F)F)ccc12. The van der Waals surface area contributed by atoms with Gasteiger partial charge in [-0.25, -0.2) is 4.98 Å². The molecule has 1 aromatic heterocycles. The molecule has 30 heavy (non-hydrogen) atoms. The van der Waals surface area contributed by atoms with Crippen LogP contribution in [0.25, 0.3) is 11.0 Å². The predicted octanol–water partition coefficient (Wildman–Crippen LogP) is 6.86. The van der Waals surface area contributed by atoms with E-state index >= 15 is 0 Å². The summed E-state index contributed by atoms with van der Waals surface area (Å²) >= 11 is 6.07. The average Bonchev–Trinajstić information content (AvgIpc) is 3.29. The second-order valence-corrected chi connectivity index (χ2v) is 9.12. The normalized spacial score (nSPS) is 24.8. The summed E-state index contributed by atoms with van der Waals surface area (Å²) in [5, 5.41) is 0.668. The quantitative estimate of drug-likeness (QED) is 0.478. The van der Waals surface area contributed by atoms with Gasteiger partial charge in [0.25, 0.3) is 0 Å². The Morgan fingerprint density at radius 3 is 2.67 bits per heavy atom.